The van der Waals surface area contributed by atoms with Crippen molar-refractivity contribution in [2.24, 2.45) is 5.92 Å². The summed E-state index contributed by atoms with van der Waals surface area (Å²) in [6.45, 7) is 16.6. The summed E-state index contributed by atoms with van der Waals surface area (Å²) in [5.74, 6) is 0.196. The smallest absolute Gasteiger partial charge is 0.0589 e. The van der Waals surface area contributed by atoms with E-state index in [1.807, 2.05) is 0 Å². The number of fused-ring (bicyclic) bond motifs is 7. The highest BCUT2D eigenvalue weighted by molar-refractivity contribution is 6.00. The summed E-state index contributed by atoms with van der Waals surface area (Å²) < 4.78 is 0. The lowest BCUT2D eigenvalue weighted by Gasteiger charge is -2.40. The van der Waals surface area contributed by atoms with Gasteiger partial charge < -0.3 is 4.90 Å². The Balaban J connectivity index is 1.15. The van der Waals surface area contributed by atoms with E-state index in [0.29, 0.717) is 0 Å². The number of benzene rings is 8. The van der Waals surface area contributed by atoms with E-state index in [-0.39, 0.29) is 28.2 Å². The average Bonchev–Trinajstić information content (AvgIpc) is 3.69. The van der Waals surface area contributed by atoms with Crippen molar-refractivity contribution in [2.45, 2.75) is 70.8 Å². The van der Waals surface area contributed by atoms with Gasteiger partial charge in [0.1, 0.15) is 0 Å². The van der Waals surface area contributed by atoms with Crippen LogP contribution in [0.5, 0.6) is 0 Å². The Morgan fingerprint density at radius 3 is 1.98 bits per heavy atom. The molecule has 0 radical (unpaired) electrons. The van der Waals surface area contributed by atoms with Crippen LogP contribution < -0.4 is 4.90 Å². The first-order valence-corrected chi connectivity index (χ1v) is 22.8. The molecule has 63 heavy (non-hydrogen) atoms. The highest BCUT2D eigenvalue weighted by Crippen LogP contribution is 2.58. The van der Waals surface area contributed by atoms with E-state index < -0.39 is 0 Å². The van der Waals surface area contributed by atoms with Crippen molar-refractivity contribution in [2.75, 3.05) is 4.90 Å². The van der Waals surface area contributed by atoms with E-state index in [9.17, 15) is 0 Å². The molecule has 0 N–H and O–H groups in total. The minimum absolute atomic E-state index is 0.0137. The monoisotopic (exact) mass is 813 g/mol. The molecule has 8 aromatic carbocycles. The predicted octanol–water partition coefficient (Wildman–Crippen LogP) is 16.3. The normalized spacial score (nSPS) is 19.4. The Labute approximate surface area is 374 Å². The van der Waals surface area contributed by atoms with Crippen molar-refractivity contribution in [3.8, 4) is 33.4 Å². The molecule has 0 saturated heterocycles. The van der Waals surface area contributed by atoms with Gasteiger partial charge in [-0.2, -0.15) is 0 Å². The molecule has 0 aromatic heterocycles. The lowest BCUT2D eigenvalue weighted by atomic mass is 9.71. The Bertz CT molecular complexity index is 3170. The van der Waals surface area contributed by atoms with Crippen LogP contribution in [-0.2, 0) is 16.2 Å². The number of hydrogen-bond acceptors (Lipinski definition) is 1. The third-order valence-electron chi connectivity index (χ3n) is 14.8. The number of allylic oxidation sites excluding steroid dienone is 2. The van der Waals surface area contributed by atoms with Crippen LogP contribution in [0.4, 0.5) is 11.4 Å². The molecular formula is C62H55N. The molecular weight excluding hydrogens is 759 g/mol. The number of anilines is 2. The van der Waals surface area contributed by atoms with Crippen molar-refractivity contribution >= 4 is 27.7 Å². The van der Waals surface area contributed by atoms with E-state index in [0.717, 1.165) is 0 Å². The van der Waals surface area contributed by atoms with Crippen molar-refractivity contribution in [1.82, 2.24) is 0 Å². The first-order chi connectivity index (χ1) is 30.4. The maximum Gasteiger partial charge on any atom is 0.0589 e. The molecule has 0 spiro atoms. The second kappa shape index (κ2) is 14.4. The third kappa shape index (κ3) is 6.04. The van der Waals surface area contributed by atoms with Crippen LogP contribution in [0.3, 0.4) is 0 Å². The largest absolute Gasteiger partial charge is 0.333 e. The highest BCUT2D eigenvalue weighted by Gasteiger charge is 2.46. The van der Waals surface area contributed by atoms with Crippen LogP contribution in [0.15, 0.2) is 200 Å². The van der Waals surface area contributed by atoms with Crippen molar-refractivity contribution < 1.29 is 0 Å². The molecule has 3 unspecified atom stereocenters. The molecule has 3 aliphatic carbocycles. The second-order valence-electron chi connectivity index (χ2n) is 19.9. The van der Waals surface area contributed by atoms with E-state index in [4.69, 9.17) is 0 Å². The minimum Gasteiger partial charge on any atom is -0.333 e. The molecule has 11 rings (SSSR count). The second-order valence-corrected chi connectivity index (χ2v) is 19.9. The van der Waals surface area contributed by atoms with Crippen molar-refractivity contribution in [3.05, 3.63) is 233 Å². The molecule has 8 aromatic rings. The zero-order valence-corrected chi connectivity index (χ0v) is 37.6. The lowest BCUT2D eigenvalue weighted by molar-refractivity contribution is 0.584. The minimum atomic E-state index is -0.306. The standard InChI is InChI=1S/C62H55N/c1-40-36-52-48-27-13-15-31-53(48)62(7,43-23-9-8-10-24-43)56(52)39-58(40)63(45-25-17-22-42(37-45)47-29-18-21-41-20-11-12-26-46(41)47)57-33-16-14-28-49(57)50-30-19-32-54-59(50)51-35-34-44(60(2,3)4)38-55(51)61(54,5)6/h8-40,58H,1-7H3. The van der Waals surface area contributed by atoms with Gasteiger partial charge in [-0.3, -0.25) is 0 Å². The van der Waals surface area contributed by atoms with Gasteiger partial charge >= 0.3 is 0 Å². The van der Waals surface area contributed by atoms with E-state index in [2.05, 4.69) is 248 Å². The maximum atomic E-state index is 2.67. The average molecular weight is 814 g/mol. The van der Waals surface area contributed by atoms with Crippen LogP contribution in [0.25, 0.3) is 49.7 Å². The predicted molar refractivity (Wildman–Crippen MR) is 268 cm³/mol. The maximum absolute atomic E-state index is 2.67. The molecule has 1 heteroatoms. The molecule has 3 atom stereocenters. The molecule has 1 nitrogen and oxygen atoms in total. The van der Waals surface area contributed by atoms with Crippen LogP contribution in [0, 0.1) is 5.92 Å². The molecule has 0 bridgehead atoms. The summed E-state index contributed by atoms with van der Waals surface area (Å²) in [7, 11) is 0. The Hall–Kier alpha value is -6.70. The zero-order chi connectivity index (χ0) is 43.3. The number of hydrogen-bond donors (Lipinski definition) is 0. The first-order valence-electron chi connectivity index (χ1n) is 22.8. The van der Waals surface area contributed by atoms with Crippen molar-refractivity contribution in [1.29, 1.82) is 0 Å². The zero-order valence-electron chi connectivity index (χ0n) is 37.6. The SMILES string of the molecule is CC1C=C2C(=CC1N(c1cccc(-c3cccc4ccccc34)c1)c1ccccc1-c1cccc3c1-c1ccc(C(C)(C)C)cc1C3(C)C)C(C)(c1ccccc1)c1ccccc12. The fourth-order valence-electron chi connectivity index (χ4n) is 11.4. The summed E-state index contributed by atoms with van der Waals surface area (Å²) >= 11 is 0. The molecule has 0 saturated carbocycles. The first kappa shape index (κ1) is 39.2. The van der Waals surface area contributed by atoms with Crippen LogP contribution in [0.2, 0.25) is 0 Å². The third-order valence-corrected chi connectivity index (χ3v) is 14.8. The van der Waals surface area contributed by atoms with Gasteiger partial charge in [-0.1, -0.05) is 217 Å². The van der Waals surface area contributed by atoms with Crippen LogP contribution >= 0.6 is 0 Å². The van der Waals surface area contributed by atoms with Gasteiger partial charge in [0.2, 0.25) is 0 Å². The van der Waals surface area contributed by atoms with Crippen LogP contribution in [-0.4, -0.2) is 6.04 Å². The number of nitrogens with zero attached hydrogens (tertiary/aromatic N) is 1. The number of para-hydroxylation sites is 1. The van der Waals surface area contributed by atoms with Gasteiger partial charge in [0, 0.05) is 27.8 Å². The molecule has 308 valence electrons. The van der Waals surface area contributed by atoms with Gasteiger partial charge in [-0.15, -0.1) is 0 Å². The summed E-state index contributed by atoms with van der Waals surface area (Å²) in [5.41, 5.74) is 20.7. The quantitative estimate of drug-likeness (QED) is 0.162. The van der Waals surface area contributed by atoms with Gasteiger partial charge in [-0.25, -0.2) is 0 Å². The molecule has 0 aliphatic heterocycles. The van der Waals surface area contributed by atoms with Crippen LogP contribution in [0.1, 0.15) is 81.8 Å². The van der Waals surface area contributed by atoms with E-state index in [1.165, 1.54) is 100 Å². The Morgan fingerprint density at radius 2 is 1.16 bits per heavy atom. The Kier molecular flexibility index (Phi) is 8.97. The van der Waals surface area contributed by atoms with Crippen molar-refractivity contribution in [3.63, 3.8) is 0 Å². The highest BCUT2D eigenvalue weighted by atomic mass is 15.2. The van der Waals surface area contributed by atoms with E-state index in [1.54, 1.807) is 0 Å². The number of rotatable bonds is 6. The van der Waals surface area contributed by atoms with Gasteiger partial charge in [0.15, 0.2) is 0 Å². The molecule has 0 heterocycles. The summed E-state index contributed by atoms with van der Waals surface area (Å²) in [6.07, 6.45) is 5.21. The summed E-state index contributed by atoms with van der Waals surface area (Å²) in [4.78, 5) is 2.67. The fourth-order valence-corrected chi connectivity index (χ4v) is 11.4. The topological polar surface area (TPSA) is 3.24 Å². The summed E-state index contributed by atoms with van der Waals surface area (Å²) in [5, 5.41) is 2.52. The van der Waals surface area contributed by atoms with Gasteiger partial charge in [0.25, 0.3) is 0 Å². The lowest BCUT2D eigenvalue weighted by Crippen LogP contribution is -2.38. The van der Waals surface area contributed by atoms with Gasteiger partial charge in [-0.05, 0) is 120 Å². The summed E-state index contributed by atoms with van der Waals surface area (Å²) in [6, 6.07) is 68.5. The van der Waals surface area contributed by atoms with Gasteiger partial charge in [0.05, 0.1) is 6.04 Å². The fraction of sp³-hybridized carbons (Fsp3) is 0.194. The van der Waals surface area contributed by atoms with E-state index >= 15 is 0 Å². The Morgan fingerprint density at radius 1 is 0.508 bits per heavy atom. The molecule has 0 fully saturated rings. The molecule has 0 amide bonds. The molecule has 3 aliphatic rings.